The third kappa shape index (κ3) is 3.61. The average molecular weight is 341 g/mol. The van der Waals surface area contributed by atoms with Crippen molar-refractivity contribution in [3.05, 3.63) is 54.6 Å². The van der Waals surface area contributed by atoms with E-state index in [1.807, 2.05) is 12.1 Å². The fraction of sp³-hybridized carbons (Fsp3) is 0.188. The van der Waals surface area contributed by atoms with Gasteiger partial charge in [0.2, 0.25) is 5.13 Å². The molecule has 0 saturated heterocycles. The van der Waals surface area contributed by atoms with E-state index in [9.17, 15) is 4.79 Å². The normalized spacial score (nSPS) is 10.5. The summed E-state index contributed by atoms with van der Waals surface area (Å²) in [5.41, 5.74) is 1.41. The van der Waals surface area contributed by atoms with E-state index in [1.165, 1.54) is 11.3 Å². The number of ether oxygens (including phenoxy) is 1. The summed E-state index contributed by atoms with van der Waals surface area (Å²) in [5, 5.41) is 9.57. The zero-order valence-corrected chi connectivity index (χ0v) is 13.8. The molecule has 1 amide bonds. The van der Waals surface area contributed by atoms with Gasteiger partial charge < -0.3 is 4.74 Å². The highest BCUT2D eigenvalue weighted by Crippen LogP contribution is 2.28. The van der Waals surface area contributed by atoms with Crippen molar-refractivity contribution in [1.82, 2.24) is 20.2 Å². The molecule has 0 aromatic carbocycles. The third-order valence-corrected chi connectivity index (χ3v) is 4.24. The molecular weight excluding hydrogens is 326 g/mol. The standard InChI is InChI=1S/C16H15N5O2S/c1-23-10-9-21(15(22)12-4-7-17-8-5-12)16-20-19-14(24-16)13-3-2-6-18-11-13/h2-8,11H,9-10H2,1H3. The molecule has 0 aliphatic carbocycles. The second-order valence-corrected chi connectivity index (χ2v) is 5.77. The number of carbonyl (C=O) groups is 1. The summed E-state index contributed by atoms with van der Waals surface area (Å²) in [6.07, 6.45) is 6.59. The van der Waals surface area contributed by atoms with Gasteiger partial charge in [-0.05, 0) is 24.3 Å². The number of nitrogens with zero attached hydrogens (tertiary/aromatic N) is 5. The maximum absolute atomic E-state index is 12.8. The van der Waals surface area contributed by atoms with E-state index in [4.69, 9.17) is 4.74 Å². The minimum Gasteiger partial charge on any atom is -0.383 e. The van der Waals surface area contributed by atoms with Crippen molar-refractivity contribution in [2.45, 2.75) is 0 Å². The Bertz CT molecular complexity index is 794. The monoisotopic (exact) mass is 341 g/mol. The van der Waals surface area contributed by atoms with Crippen LogP contribution in [0.2, 0.25) is 0 Å². The van der Waals surface area contributed by atoms with Crippen LogP contribution in [0.15, 0.2) is 49.1 Å². The molecule has 3 heterocycles. The first-order valence-electron chi connectivity index (χ1n) is 7.24. The molecule has 0 aliphatic heterocycles. The van der Waals surface area contributed by atoms with Gasteiger partial charge in [0.1, 0.15) is 0 Å². The maximum atomic E-state index is 12.8. The highest BCUT2D eigenvalue weighted by molar-refractivity contribution is 7.18. The quantitative estimate of drug-likeness (QED) is 0.684. The molecule has 8 heteroatoms. The number of carbonyl (C=O) groups excluding carboxylic acids is 1. The molecule has 3 rings (SSSR count). The van der Waals surface area contributed by atoms with Gasteiger partial charge in [0.25, 0.3) is 5.91 Å². The molecule has 3 aromatic heterocycles. The largest absolute Gasteiger partial charge is 0.383 e. The van der Waals surface area contributed by atoms with Gasteiger partial charge in [-0.1, -0.05) is 11.3 Å². The molecule has 0 bridgehead atoms. The molecule has 122 valence electrons. The number of aromatic nitrogens is 4. The lowest BCUT2D eigenvalue weighted by molar-refractivity contribution is 0.0975. The lowest BCUT2D eigenvalue weighted by Gasteiger charge is -2.18. The number of rotatable bonds is 6. The lowest BCUT2D eigenvalue weighted by Crippen LogP contribution is -2.33. The van der Waals surface area contributed by atoms with Crippen LogP contribution in [0.3, 0.4) is 0 Å². The van der Waals surface area contributed by atoms with Crippen LogP contribution >= 0.6 is 11.3 Å². The van der Waals surface area contributed by atoms with Gasteiger partial charge in [0.05, 0.1) is 13.2 Å². The molecule has 0 aliphatic rings. The fourth-order valence-electron chi connectivity index (χ4n) is 2.05. The lowest BCUT2D eigenvalue weighted by atomic mass is 10.2. The summed E-state index contributed by atoms with van der Waals surface area (Å²) in [5.74, 6) is -0.164. The summed E-state index contributed by atoms with van der Waals surface area (Å²) in [6, 6.07) is 7.08. The zero-order chi connectivity index (χ0) is 16.8. The van der Waals surface area contributed by atoms with E-state index < -0.39 is 0 Å². The van der Waals surface area contributed by atoms with Crippen molar-refractivity contribution >= 4 is 22.4 Å². The number of methoxy groups -OCH3 is 1. The molecule has 7 nitrogen and oxygen atoms in total. The van der Waals surface area contributed by atoms with Crippen molar-refractivity contribution in [2.75, 3.05) is 25.2 Å². The van der Waals surface area contributed by atoms with E-state index in [0.29, 0.717) is 28.9 Å². The van der Waals surface area contributed by atoms with Crippen LogP contribution in [-0.2, 0) is 4.74 Å². The SMILES string of the molecule is COCCN(C(=O)c1ccncc1)c1nnc(-c2cccnc2)s1. The number of hydrogen-bond acceptors (Lipinski definition) is 7. The Morgan fingerprint density at radius 3 is 2.71 bits per heavy atom. The topological polar surface area (TPSA) is 81.1 Å². The molecule has 24 heavy (non-hydrogen) atoms. The Morgan fingerprint density at radius 2 is 2.00 bits per heavy atom. The van der Waals surface area contributed by atoms with Crippen molar-refractivity contribution in [3.63, 3.8) is 0 Å². The fourth-order valence-corrected chi connectivity index (χ4v) is 2.91. The van der Waals surface area contributed by atoms with Gasteiger partial charge in [-0.15, -0.1) is 10.2 Å². The van der Waals surface area contributed by atoms with Crippen LogP contribution in [0.25, 0.3) is 10.6 Å². The molecule has 0 fully saturated rings. The van der Waals surface area contributed by atoms with Gasteiger partial charge in [-0.3, -0.25) is 19.7 Å². The van der Waals surface area contributed by atoms with Crippen LogP contribution in [0.4, 0.5) is 5.13 Å². The Hall–Kier alpha value is -2.71. The van der Waals surface area contributed by atoms with E-state index >= 15 is 0 Å². The predicted octanol–water partition coefficient (Wildman–Crippen LogP) is 2.29. The number of pyridine rings is 2. The summed E-state index contributed by atoms with van der Waals surface area (Å²) < 4.78 is 5.11. The first-order valence-corrected chi connectivity index (χ1v) is 8.06. The Kier molecular flexibility index (Phi) is 5.19. The third-order valence-electron chi connectivity index (χ3n) is 3.25. The van der Waals surface area contributed by atoms with Gasteiger partial charge >= 0.3 is 0 Å². The zero-order valence-electron chi connectivity index (χ0n) is 13.0. The van der Waals surface area contributed by atoms with Crippen molar-refractivity contribution in [3.8, 4) is 10.6 Å². The summed E-state index contributed by atoms with van der Waals surface area (Å²) in [6.45, 7) is 0.790. The van der Waals surface area contributed by atoms with Crippen LogP contribution in [0.5, 0.6) is 0 Å². The van der Waals surface area contributed by atoms with Crippen LogP contribution < -0.4 is 4.90 Å². The van der Waals surface area contributed by atoms with Crippen molar-refractivity contribution < 1.29 is 9.53 Å². The summed E-state index contributed by atoms with van der Waals surface area (Å²) in [4.78, 5) is 22.3. The molecule has 3 aromatic rings. The Morgan fingerprint density at radius 1 is 1.17 bits per heavy atom. The Labute approximate surface area is 143 Å². The van der Waals surface area contributed by atoms with Crippen LogP contribution in [0, 0.1) is 0 Å². The number of hydrogen-bond donors (Lipinski definition) is 0. The molecule has 0 saturated carbocycles. The van der Waals surface area contributed by atoms with Crippen molar-refractivity contribution in [1.29, 1.82) is 0 Å². The summed E-state index contributed by atoms with van der Waals surface area (Å²) in [7, 11) is 1.59. The molecule has 0 N–H and O–H groups in total. The van der Waals surface area contributed by atoms with Crippen molar-refractivity contribution in [2.24, 2.45) is 0 Å². The minimum atomic E-state index is -0.164. The second kappa shape index (κ2) is 7.71. The minimum absolute atomic E-state index is 0.164. The van der Waals surface area contributed by atoms with Gasteiger partial charge in [-0.25, -0.2) is 0 Å². The second-order valence-electron chi connectivity index (χ2n) is 4.82. The maximum Gasteiger partial charge on any atom is 0.260 e. The van der Waals surface area contributed by atoms with Crippen LogP contribution in [-0.4, -0.2) is 46.3 Å². The number of anilines is 1. The van der Waals surface area contributed by atoms with Gasteiger partial charge in [0.15, 0.2) is 5.01 Å². The smallest absolute Gasteiger partial charge is 0.260 e. The summed E-state index contributed by atoms with van der Waals surface area (Å²) >= 11 is 1.34. The molecule has 0 spiro atoms. The van der Waals surface area contributed by atoms with E-state index in [-0.39, 0.29) is 5.91 Å². The highest BCUT2D eigenvalue weighted by Gasteiger charge is 2.21. The van der Waals surface area contributed by atoms with E-state index in [1.54, 1.807) is 48.9 Å². The van der Waals surface area contributed by atoms with Crippen LogP contribution in [0.1, 0.15) is 10.4 Å². The predicted molar refractivity (Wildman–Crippen MR) is 90.9 cm³/mol. The molecule has 0 unspecified atom stereocenters. The van der Waals surface area contributed by atoms with E-state index in [0.717, 1.165) is 5.56 Å². The Balaban J connectivity index is 1.89. The highest BCUT2D eigenvalue weighted by atomic mass is 32.1. The van der Waals surface area contributed by atoms with Gasteiger partial charge in [0, 0.05) is 43.0 Å². The average Bonchev–Trinajstić information content (AvgIpc) is 3.13. The first kappa shape index (κ1) is 16.2. The van der Waals surface area contributed by atoms with Gasteiger partial charge in [-0.2, -0.15) is 0 Å². The molecule has 0 atom stereocenters. The molecular formula is C16H15N5O2S. The molecule has 0 radical (unpaired) electrons. The van der Waals surface area contributed by atoms with E-state index in [2.05, 4.69) is 20.2 Å². The number of amides is 1. The first-order chi connectivity index (χ1) is 11.8.